The van der Waals surface area contributed by atoms with E-state index in [1.807, 2.05) is 48.5 Å². The molecule has 18 heteroatoms. The third kappa shape index (κ3) is 7.19. The molecule has 4 aromatic carbocycles. The molecule has 0 unspecified atom stereocenters. The van der Waals surface area contributed by atoms with Gasteiger partial charge in [-0.1, -0.05) is 80.4 Å². The van der Waals surface area contributed by atoms with Crippen molar-refractivity contribution in [1.82, 2.24) is 60.0 Å². The summed E-state index contributed by atoms with van der Waals surface area (Å²) in [5.41, 5.74) is 3.44. The Balaban J connectivity index is 1.17. The molecule has 0 aliphatic rings. The summed E-state index contributed by atoms with van der Waals surface area (Å²) in [7, 11) is 2.49. The zero-order valence-corrected chi connectivity index (χ0v) is 31.3. The number of aromatic nitrogens is 12. The zero-order valence-electron chi connectivity index (χ0n) is 26.5. The lowest BCUT2D eigenvalue weighted by atomic mass is 10.2. The highest BCUT2D eigenvalue weighted by Crippen LogP contribution is 2.46. The van der Waals surface area contributed by atoms with Crippen LogP contribution in [0.4, 0.5) is 8.78 Å². The van der Waals surface area contributed by atoms with Crippen LogP contribution in [0.3, 0.4) is 0 Å². The molecular weight excluding hydrogens is 838 g/mol. The Hall–Kier alpha value is -5.04. The summed E-state index contributed by atoms with van der Waals surface area (Å²) in [6, 6.07) is 28.3. The zero-order chi connectivity index (χ0) is 35.6. The third-order valence-electron chi connectivity index (χ3n) is 7.67. The molecule has 0 atom stereocenters. The van der Waals surface area contributed by atoms with E-state index < -0.39 is 11.6 Å². The van der Waals surface area contributed by atoms with Crippen molar-refractivity contribution in [1.29, 1.82) is 0 Å². The molecule has 0 radical (unpaired) electrons. The lowest BCUT2D eigenvalue weighted by Crippen LogP contribution is -2.04. The fraction of sp³-hybridized carbons (Fsp3) is 0.0588. The first-order chi connectivity index (χ1) is 25.4. The maximum Gasteiger partial charge on any atom is 0.209 e. The molecule has 0 bridgehead atoms. The van der Waals surface area contributed by atoms with Crippen LogP contribution < -0.4 is 0 Å². The molecule has 12 nitrogen and oxygen atoms in total. The number of para-hydroxylation sites is 2. The van der Waals surface area contributed by atoms with E-state index in [1.165, 1.54) is 52.7 Å². The van der Waals surface area contributed by atoms with Crippen LogP contribution in [0.15, 0.2) is 128 Å². The number of hydrogen-bond donors (Lipinski definition) is 0. The molecule has 4 heterocycles. The minimum Gasteiger partial charge on any atom is -0.223 e. The van der Waals surface area contributed by atoms with Gasteiger partial charge in [-0.15, -0.1) is 20.4 Å². The Morgan fingerprint density at radius 2 is 0.942 bits per heavy atom. The van der Waals surface area contributed by atoms with Gasteiger partial charge in [0.25, 0.3) is 0 Å². The van der Waals surface area contributed by atoms with E-state index in [0.29, 0.717) is 45.9 Å². The molecular formula is C34H22Br2F2N12S2. The molecule has 0 aliphatic heterocycles. The second-order valence-corrected chi connectivity index (χ2v) is 15.1. The Labute approximate surface area is 318 Å². The molecule has 0 saturated heterocycles. The van der Waals surface area contributed by atoms with Crippen molar-refractivity contribution < 1.29 is 8.78 Å². The van der Waals surface area contributed by atoms with Gasteiger partial charge in [-0.2, -0.15) is 19.8 Å². The smallest absolute Gasteiger partial charge is 0.209 e. The highest BCUT2D eigenvalue weighted by molar-refractivity contribution is 9.10. The predicted octanol–water partition coefficient (Wildman–Crippen LogP) is 8.06. The van der Waals surface area contributed by atoms with E-state index in [9.17, 15) is 0 Å². The van der Waals surface area contributed by atoms with Crippen molar-refractivity contribution in [2.45, 2.75) is 23.1 Å². The second-order valence-electron chi connectivity index (χ2n) is 11.2. The highest BCUT2D eigenvalue weighted by Gasteiger charge is 2.25. The fourth-order valence-electron chi connectivity index (χ4n) is 5.15. The van der Waals surface area contributed by atoms with Gasteiger partial charge in [0.05, 0.1) is 36.6 Å². The lowest BCUT2D eigenvalue weighted by molar-refractivity contribution is 0.572. The number of tetrazole rings is 2. The van der Waals surface area contributed by atoms with Gasteiger partial charge in [-0.25, -0.2) is 18.1 Å². The van der Waals surface area contributed by atoms with E-state index >= 15 is 8.78 Å². The molecule has 0 saturated carbocycles. The van der Waals surface area contributed by atoms with Gasteiger partial charge in [-0.3, -0.25) is 0 Å². The molecule has 258 valence electrons. The molecule has 0 aliphatic carbocycles. The van der Waals surface area contributed by atoms with Crippen LogP contribution >= 0.6 is 53.4 Å². The minimum absolute atomic E-state index is 0.222. The standard InChI is InChI=1S/C34H22Br2F2N12S2/c35-23-13-9-21(10-14-23)19-47-43-31(41-45-47)25-17-39-49(29-7-3-1-5-27(29)37)33(25)51-52-34-26(18-40-50(34)30-8-4-2-6-28(30)38)32-42-46-48(44-32)20-22-11-15-24(36)16-12-22/h1-18H,19-20H2. The molecule has 0 spiro atoms. The highest BCUT2D eigenvalue weighted by atomic mass is 79.9. The van der Waals surface area contributed by atoms with Gasteiger partial charge in [-0.05, 0) is 91.7 Å². The fourth-order valence-corrected chi connectivity index (χ4v) is 8.18. The Bertz CT molecular complexity index is 2320. The Kier molecular flexibility index (Phi) is 9.76. The Morgan fingerprint density at radius 1 is 0.538 bits per heavy atom. The van der Waals surface area contributed by atoms with Gasteiger partial charge in [0.2, 0.25) is 11.6 Å². The van der Waals surface area contributed by atoms with Gasteiger partial charge >= 0.3 is 0 Å². The van der Waals surface area contributed by atoms with E-state index in [2.05, 4.69) is 72.9 Å². The molecule has 8 aromatic rings. The maximum absolute atomic E-state index is 15.2. The van der Waals surface area contributed by atoms with Crippen molar-refractivity contribution in [2.75, 3.05) is 0 Å². The lowest BCUT2D eigenvalue weighted by Gasteiger charge is -2.11. The van der Waals surface area contributed by atoms with Gasteiger partial charge in [0.1, 0.15) is 33.1 Å². The minimum atomic E-state index is -0.473. The first kappa shape index (κ1) is 34.1. The quantitative estimate of drug-likeness (QED) is 0.118. The molecule has 0 amide bonds. The topological polar surface area (TPSA) is 123 Å². The maximum atomic E-state index is 15.2. The van der Waals surface area contributed by atoms with Crippen LogP contribution in [0.25, 0.3) is 34.2 Å². The van der Waals surface area contributed by atoms with E-state index in [4.69, 9.17) is 0 Å². The first-order valence-electron chi connectivity index (χ1n) is 15.5. The molecule has 52 heavy (non-hydrogen) atoms. The van der Waals surface area contributed by atoms with Gasteiger partial charge in [0.15, 0.2) is 0 Å². The van der Waals surface area contributed by atoms with Crippen molar-refractivity contribution in [3.63, 3.8) is 0 Å². The summed E-state index contributed by atoms with van der Waals surface area (Å²) in [5.74, 6) is -0.356. The average molecular weight is 861 g/mol. The summed E-state index contributed by atoms with van der Waals surface area (Å²) in [4.78, 5) is 2.96. The molecule has 0 N–H and O–H groups in total. The predicted molar refractivity (Wildman–Crippen MR) is 199 cm³/mol. The van der Waals surface area contributed by atoms with Crippen LogP contribution in [0, 0.1) is 11.6 Å². The summed E-state index contributed by atoms with van der Waals surface area (Å²) in [5, 5.41) is 36.5. The van der Waals surface area contributed by atoms with Crippen molar-refractivity contribution >= 4 is 53.4 Å². The van der Waals surface area contributed by atoms with Crippen molar-refractivity contribution in [3.05, 3.63) is 141 Å². The third-order valence-corrected chi connectivity index (χ3v) is 11.1. The SMILES string of the molecule is Fc1ccccc1-n1ncc(-c2nnn(Cc3ccc(Br)cc3)n2)c1SSc1c(-c2nnn(Cc3ccc(Br)cc3)n2)cnn1-c1ccccc1F. The number of benzene rings is 4. The van der Waals surface area contributed by atoms with Crippen molar-refractivity contribution in [3.8, 4) is 34.2 Å². The Morgan fingerprint density at radius 3 is 1.35 bits per heavy atom. The van der Waals surface area contributed by atoms with E-state index in [1.54, 1.807) is 48.8 Å². The van der Waals surface area contributed by atoms with Crippen molar-refractivity contribution in [2.24, 2.45) is 0 Å². The summed E-state index contributed by atoms with van der Waals surface area (Å²) < 4.78 is 35.4. The normalized spacial score (nSPS) is 11.4. The number of halogens is 4. The summed E-state index contributed by atoms with van der Waals surface area (Å²) in [6.45, 7) is 0.777. The second kappa shape index (κ2) is 14.9. The first-order valence-corrected chi connectivity index (χ1v) is 19.2. The number of rotatable bonds is 11. The molecule has 4 aromatic heterocycles. The number of nitrogens with zero attached hydrogens (tertiary/aromatic N) is 12. The van der Waals surface area contributed by atoms with E-state index in [-0.39, 0.29) is 11.4 Å². The number of hydrogen-bond acceptors (Lipinski definition) is 10. The van der Waals surface area contributed by atoms with Crippen LogP contribution in [-0.2, 0) is 13.1 Å². The molecule has 0 fully saturated rings. The van der Waals surface area contributed by atoms with Crippen LogP contribution in [0.1, 0.15) is 11.1 Å². The average Bonchev–Trinajstić information content (AvgIpc) is 3.97. The largest absolute Gasteiger partial charge is 0.223 e. The summed E-state index contributed by atoms with van der Waals surface area (Å²) in [6.07, 6.45) is 3.14. The van der Waals surface area contributed by atoms with Gasteiger partial charge < -0.3 is 0 Å². The van der Waals surface area contributed by atoms with Crippen LogP contribution in [-0.4, -0.2) is 60.0 Å². The van der Waals surface area contributed by atoms with E-state index in [0.717, 1.165) is 20.1 Å². The molecule has 8 rings (SSSR count). The summed E-state index contributed by atoms with van der Waals surface area (Å²) >= 11 is 6.91. The van der Waals surface area contributed by atoms with Gasteiger partial charge in [0, 0.05) is 8.95 Å². The van der Waals surface area contributed by atoms with Crippen LogP contribution in [0.5, 0.6) is 0 Å². The van der Waals surface area contributed by atoms with Crippen LogP contribution in [0.2, 0.25) is 0 Å². The monoisotopic (exact) mass is 858 g/mol.